The number of ketones is 1. The molecule has 0 fully saturated rings. The van der Waals surface area contributed by atoms with Crippen LogP contribution >= 0.6 is 0 Å². The molecule has 0 aliphatic heterocycles. The number of rotatable bonds is 8. The number of anilines is 1. The third-order valence-corrected chi connectivity index (χ3v) is 6.45. The largest absolute Gasteiger partial charge is 0.491 e. The van der Waals surface area contributed by atoms with Crippen LogP contribution in [0.4, 0.5) is 5.69 Å². The molecule has 0 radical (unpaired) electrons. The van der Waals surface area contributed by atoms with E-state index in [1.807, 2.05) is 32.0 Å². The zero-order chi connectivity index (χ0) is 26.2. The molecule has 0 unspecified atom stereocenters. The lowest BCUT2D eigenvalue weighted by molar-refractivity contribution is -0.118. The number of fused-ring (bicyclic) bond motifs is 4. The maximum absolute atomic E-state index is 13.5. The third kappa shape index (κ3) is 4.69. The lowest BCUT2D eigenvalue weighted by Gasteiger charge is -2.31. The predicted octanol–water partition coefficient (Wildman–Crippen LogP) is 4.05. The standard InChI is InChI=1S/C29H27NO7/c1-29(2)23-12-19(35-15-18(32)14-31)8-10-21(23)27(34)26-22-11-9-20(13-24(22)37-28(26)29)36-16-25(33)30-17-6-4-3-5-7-17/h3-13,18,31-32H,14-16H2,1-2H3,(H,30,33)/t18-/m0/s1. The van der Waals surface area contributed by atoms with Gasteiger partial charge >= 0.3 is 0 Å². The Labute approximate surface area is 213 Å². The van der Waals surface area contributed by atoms with E-state index in [1.165, 1.54) is 0 Å². The van der Waals surface area contributed by atoms with Gasteiger partial charge in [-0.15, -0.1) is 0 Å². The molecule has 1 heterocycles. The van der Waals surface area contributed by atoms with E-state index < -0.39 is 18.1 Å². The van der Waals surface area contributed by atoms with Crippen molar-refractivity contribution in [2.24, 2.45) is 0 Å². The first-order chi connectivity index (χ1) is 17.8. The Hall–Kier alpha value is -4.14. The van der Waals surface area contributed by atoms with Gasteiger partial charge in [-0.25, -0.2) is 0 Å². The number of aliphatic hydroxyl groups excluding tert-OH is 2. The van der Waals surface area contributed by atoms with Crippen molar-refractivity contribution in [1.29, 1.82) is 0 Å². The van der Waals surface area contributed by atoms with Crippen molar-refractivity contribution in [2.75, 3.05) is 25.1 Å². The molecule has 0 bridgehead atoms. The molecule has 8 nitrogen and oxygen atoms in total. The quantitative estimate of drug-likeness (QED) is 0.333. The number of amides is 1. The van der Waals surface area contributed by atoms with Gasteiger partial charge in [0.25, 0.3) is 5.91 Å². The van der Waals surface area contributed by atoms with Crippen LogP contribution in [0.5, 0.6) is 11.5 Å². The summed E-state index contributed by atoms with van der Waals surface area (Å²) in [6.07, 6.45) is -0.992. The van der Waals surface area contributed by atoms with Gasteiger partial charge in [-0.05, 0) is 61.9 Å². The number of carbonyl (C=O) groups excluding carboxylic acids is 2. The number of furan rings is 1. The van der Waals surface area contributed by atoms with E-state index in [1.54, 1.807) is 48.5 Å². The fourth-order valence-corrected chi connectivity index (χ4v) is 4.53. The van der Waals surface area contributed by atoms with E-state index in [2.05, 4.69) is 5.32 Å². The van der Waals surface area contributed by atoms with Crippen LogP contribution in [0.2, 0.25) is 0 Å². The summed E-state index contributed by atoms with van der Waals surface area (Å²) < 4.78 is 17.5. The molecule has 0 spiro atoms. The van der Waals surface area contributed by atoms with E-state index in [9.17, 15) is 14.7 Å². The molecule has 5 rings (SSSR count). The second-order valence-electron chi connectivity index (χ2n) is 9.48. The van der Waals surface area contributed by atoms with Crippen LogP contribution in [0.15, 0.2) is 71.1 Å². The van der Waals surface area contributed by atoms with E-state index in [0.29, 0.717) is 45.0 Å². The number of aliphatic hydroxyl groups is 2. The van der Waals surface area contributed by atoms with Crippen molar-refractivity contribution in [3.63, 3.8) is 0 Å². The normalized spacial score (nSPS) is 14.5. The summed E-state index contributed by atoms with van der Waals surface area (Å²) in [6.45, 7) is 3.30. The van der Waals surface area contributed by atoms with Crippen molar-refractivity contribution < 1.29 is 33.7 Å². The molecular formula is C29H27NO7. The molecule has 190 valence electrons. The highest BCUT2D eigenvalue weighted by molar-refractivity contribution is 6.19. The van der Waals surface area contributed by atoms with Crippen LogP contribution in [0.1, 0.15) is 41.1 Å². The number of nitrogens with one attached hydrogen (secondary N) is 1. The van der Waals surface area contributed by atoms with Crippen LogP contribution < -0.4 is 14.8 Å². The number of carbonyl (C=O) groups is 2. The molecule has 3 N–H and O–H groups in total. The first kappa shape index (κ1) is 24.5. The molecule has 3 aromatic carbocycles. The summed E-state index contributed by atoms with van der Waals surface area (Å²) in [4.78, 5) is 25.8. The predicted molar refractivity (Wildman–Crippen MR) is 137 cm³/mol. The number of ether oxygens (including phenoxy) is 2. The summed E-state index contributed by atoms with van der Waals surface area (Å²) in [6, 6.07) is 19.5. The van der Waals surface area contributed by atoms with Gasteiger partial charge < -0.3 is 29.4 Å². The van der Waals surface area contributed by atoms with E-state index in [0.717, 1.165) is 5.56 Å². The molecule has 0 saturated heterocycles. The minimum Gasteiger partial charge on any atom is -0.491 e. The Bertz CT molecular complexity index is 1470. The summed E-state index contributed by atoms with van der Waals surface area (Å²) in [5, 5.41) is 22.1. The Morgan fingerprint density at radius 3 is 2.51 bits per heavy atom. The topological polar surface area (TPSA) is 118 Å². The fourth-order valence-electron chi connectivity index (χ4n) is 4.53. The van der Waals surface area contributed by atoms with E-state index in [-0.39, 0.29) is 24.9 Å². The van der Waals surface area contributed by atoms with Gasteiger partial charge in [0.15, 0.2) is 12.4 Å². The lowest BCUT2D eigenvalue weighted by Crippen LogP contribution is -2.29. The first-order valence-corrected chi connectivity index (χ1v) is 11.9. The molecule has 1 aliphatic carbocycles. The number of para-hydroxylation sites is 1. The van der Waals surface area contributed by atoms with Crippen molar-refractivity contribution >= 4 is 28.3 Å². The van der Waals surface area contributed by atoms with Crippen molar-refractivity contribution in [1.82, 2.24) is 0 Å². The van der Waals surface area contributed by atoms with Crippen LogP contribution in [0.3, 0.4) is 0 Å². The average Bonchev–Trinajstić information content (AvgIpc) is 3.30. The molecule has 1 aliphatic rings. The molecule has 8 heteroatoms. The highest BCUT2D eigenvalue weighted by Gasteiger charge is 2.41. The summed E-state index contributed by atoms with van der Waals surface area (Å²) in [7, 11) is 0. The summed E-state index contributed by atoms with van der Waals surface area (Å²) in [5.74, 6) is 1.02. The van der Waals surface area contributed by atoms with E-state index >= 15 is 0 Å². The van der Waals surface area contributed by atoms with Gasteiger partial charge in [0.2, 0.25) is 0 Å². The average molecular weight is 502 g/mol. The van der Waals surface area contributed by atoms with E-state index in [4.69, 9.17) is 19.0 Å². The SMILES string of the molecule is CC1(C)c2cc(OC[C@@H](O)CO)ccc2C(=O)c2c1oc1cc(OCC(=O)Nc3ccccc3)ccc21. The van der Waals surface area contributed by atoms with Gasteiger partial charge in [0, 0.05) is 28.1 Å². The van der Waals surface area contributed by atoms with Crippen molar-refractivity contribution in [2.45, 2.75) is 25.4 Å². The van der Waals surface area contributed by atoms with Gasteiger partial charge in [-0.3, -0.25) is 9.59 Å². The van der Waals surface area contributed by atoms with Gasteiger partial charge in [-0.1, -0.05) is 18.2 Å². The monoisotopic (exact) mass is 501 g/mol. The Morgan fingerprint density at radius 2 is 1.76 bits per heavy atom. The fraction of sp³-hybridized carbons (Fsp3) is 0.241. The molecule has 0 saturated carbocycles. The third-order valence-electron chi connectivity index (χ3n) is 6.45. The Kier molecular flexibility index (Phi) is 6.45. The minimum atomic E-state index is -0.992. The van der Waals surface area contributed by atoms with Crippen LogP contribution in [-0.2, 0) is 10.2 Å². The molecule has 1 amide bonds. The number of hydrogen-bond donors (Lipinski definition) is 3. The molecular weight excluding hydrogens is 474 g/mol. The molecule has 4 aromatic rings. The first-order valence-electron chi connectivity index (χ1n) is 11.9. The number of benzene rings is 3. The maximum Gasteiger partial charge on any atom is 0.262 e. The highest BCUT2D eigenvalue weighted by atomic mass is 16.5. The zero-order valence-electron chi connectivity index (χ0n) is 20.5. The van der Waals surface area contributed by atoms with Crippen molar-refractivity contribution in [3.8, 4) is 11.5 Å². The van der Waals surface area contributed by atoms with Crippen LogP contribution in [0, 0.1) is 0 Å². The smallest absolute Gasteiger partial charge is 0.262 e. The molecule has 37 heavy (non-hydrogen) atoms. The van der Waals surface area contributed by atoms with Gasteiger partial charge in [-0.2, -0.15) is 0 Å². The lowest BCUT2D eigenvalue weighted by atomic mass is 9.71. The molecule has 1 atom stereocenters. The Morgan fingerprint density at radius 1 is 1.03 bits per heavy atom. The maximum atomic E-state index is 13.5. The second kappa shape index (κ2) is 9.72. The minimum absolute atomic E-state index is 0.0638. The summed E-state index contributed by atoms with van der Waals surface area (Å²) >= 11 is 0. The van der Waals surface area contributed by atoms with Gasteiger partial charge in [0.1, 0.15) is 35.6 Å². The van der Waals surface area contributed by atoms with Crippen LogP contribution in [0.25, 0.3) is 11.0 Å². The van der Waals surface area contributed by atoms with Crippen molar-refractivity contribution in [3.05, 3.63) is 89.2 Å². The summed E-state index contributed by atoms with van der Waals surface area (Å²) in [5.41, 5.74) is 2.32. The Balaban J connectivity index is 1.39. The molecule has 1 aromatic heterocycles. The zero-order valence-corrected chi connectivity index (χ0v) is 20.5. The highest BCUT2D eigenvalue weighted by Crippen LogP contribution is 2.46. The van der Waals surface area contributed by atoms with Crippen LogP contribution in [-0.4, -0.2) is 47.8 Å². The second-order valence-corrected chi connectivity index (χ2v) is 9.48. The van der Waals surface area contributed by atoms with Gasteiger partial charge in [0.05, 0.1) is 12.2 Å². The number of hydrogen-bond acceptors (Lipinski definition) is 7.